The molecule has 0 bridgehead atoms. The van der Waals surface area contributed by atoms with Crippen molar-refractivity contribution < 1.29 is 13.5 Å². The zero-order valence-electron chi connectivity index (χ0n) is 10.9. The Kier molecular flexibility index (Phi) is 3.64. The first kappa shape index (κ1) is 13.1. The summed E-state index contributed by atoms with van der Waals surface area (Å²) in [5, 5.41) is 4.02. The summed E-state index contributed by atoms with van der Waals surface area (Å²) in [6.07, 6.45) is 0. The molecule has 2 aromatic rings. The highest BCUT2D eigenvalue weighted by Crippen LogP contribution is 2.31. The number of nitrogens with one attached hydrogen (secondary N) is 1. The van der Waals surface area contributed by atoms with Gasteiger partial charge in [0.2, 0.25) is 0 Å². The third kappa shape index (κ3) is 2.65. The number of halogens is 2. The molecule has 2 heterocycles. The van der Waals surface area contributed by atoms with Crippen molar-refractivity contribution in [2.45, 2.75) is 6.61 Å². The lowest BCUT2D eigenvalue weighted by molar-refractivity contribution is -0.0496. The number of alkyl halides is 2. The summed E-state index contributed by atoms with van der Waals surface area (Å²) in [6, 6.07) is 9.06. The molecule has 1 aromatic heterocycles. The molecular formula is C14H15F2N3O. The van der Waals surface area contributed by atoms with Gasteiger partial charge in [-0.1, -0.05) is 18.2 Å². The number of hydrogen-bond acceptors (Lipinski definition) is 4. The normalized spacial score (nSPS) is 15.8. The van der Waals surface area contributed by atoms with Crippen LogP contribution in [0.25, 0.3) is 10.9 Å². The molecular weight excluding hydrogens is 264 g/mol. The van der Waals surface area contributed by atoms with Crippen molar-refractivity contribution >= 4 is 16.7 Å². The van der Waals surface area contributed by atoms with Crippen molar-refractivity contribution in [2.24, 2.45) is 0 Å². The molecule has 20 heavy (non-hydrogen) atoms. The van der Waals surface area contributed by atoms with E-state index in [2.05, 4.69) is 15.0 Å². The van der Waals surface area contributed by atoms with Gasteiger partial charge in [-0.2, -0.15) is 8.78 Å². The number of fused-ring (bicyclic) bond motifs is 1. The van der Waals surface area contributed by atoms with Crippen molar-refractivity contribution in [3.63, 3.8) is 0 Å². The van der Waals surface area contributed by atoms with Crippen LogP contribution in [-0.4, -0.2) is 37.8 Å². The molecule has 3 rings (SSSR count). The van der Waals surface area contributed by atoms with Crippen LogP contribution in [0.5, 0.6) is 5.75 Å². The van der Waals surface area contributed by atoms with Gasteiger partial charge in [0.15, 0.2) is 11.6 Å². The van der Waals surface area contributed by atoms with Gasteiger partial charge in [0.1, 0.15) is 0 Å². The van der Waals surface area contributed by atoms with E-state index < -0.39 is 6.61 Å². The maximum atomic E-state index is 12.6. The number of nitrogens with zero attached hydrogens (tertiary/aromatic N) is 2. The van der Waals surface area contributed by atoms with Crippen molar-refractivity contribution in [1.29, 1.82) is 0 Å². The Hall–Kier alpha value is -1.95. The fourth-order valence-corrected chi connectivity index (χ4v) is 2.37. The van der Waals surface area contributed by atoms with E-state index >= 15 is 0 Å². The lowest BCUT2D eigenvalue weighted by Crippen LogP contribution is -2.44. The fraction of sp³-hybridized carbons (Fsp3) is 0.357. The Labute approximate surface area is 115 Å². The summed E-state index contributed by atoms with van der Waals surface area (Å²) < 4.78 is 29.8. The average Bonchev–Trinajstić information content (AvgIpc) is 2.47. The maximum Gasteiger partial charge on any atom is 0.387 e. The van der Waals surface area contributed by atoms with E-state index in [4.69, 9.17) is 0 Å². The lowest BCUT2D eigenvalue weighted by atomic mass is 10.2. The molecule has 0 aliphatic carbocycles. The first-order valence-electron chi connectivity index (χ1n) is 6.54. The highest BCUT2D eigenvalue weighted by Gasteiger charge is 2.19. The number of pyridine rings is 1. The minimum atomic E-state index is -2.85. The molecule has 0 saturated carbocycles. The predicted octanol–water partition coefficient (Wildman–Crippen LogP) is 2.25. The van der Waals surface area contributed by atoms with Crippen LogP contribution in [0.4, 0.5) is 14.6 Å². The second kappa shape index (κ2) is 5.58. The number of benzene rings is 1. The van der Waals surface area contributed by atoms with Crippen molar-refractivity contribution in [3.05, 3.63) is 30.3 Å². The van der Waals surface area contributed by atoms with Gasteiger partial charge in [-0.15, -0.1) is 0 Å². The van der Waals surface area contributed by atoms with E-state index in [9.17, 15) is 8.78 Å². The van der Waals surface area contributed by atoms with Gasteiger partial charge in [0.25, 0.3) is 0 Å². The van der Waals surface area contributed by atoms with Gasteiger partial charge >= 0.3 is 6.61 Å². The highest BCUT2D eigenvalue weighted by molar-refractivity contribution is 5.83. The number of rotatable bonds is 3. The molecule has 0 radical (unpaired) electrons. The number of para-hydroxylation sites is 1. The number of hydrogen-bond donors (Lipinski definition) is 1. The largest absolute Gasteiger partial charge is 0.431 e. The van der Waals surface area contributed by atoms with Crippen molar-refractivity contribution in [3.8, 4) is 5.75 Å². The number of aromatic nitrogens is 1. The van der Waals surface area contributed by atoms with Crippen molar-refractivity contribution in [2.75, 3.05) is 31.1 Å². The Morgan fingerprint density at radius 3 is 2.70 bits per heavy atom. The standard InChI is InChI=1S/C14H15F2N3O/c15-14(16)20-12-9-10-3-1-2-4-11(10)18-13(12)19-7-5-17-6-8-19/h1-4,9,14,17H,5-8H2. The summed E-state index contributed by atoms with van der Waals surface area (Å²) in [4.78, 5) is 6.46. The van der Waals surface area contributed by atoms with Crippen LogP contribution in [0.1, 0.15) is 0 Å². The zero-order valence-corrected chi connectivity index (χ0v) is 10.9. The van der Waals surface area contributed by atoms with Gasteiger partial charge in [-0.05, 0) is 12.1 Å². The van der Waals surface area contributed by atoms with E-state index in [-0.39, 0.29) is 5.75 Å². The number of ether oxygens (including phenoxy) is 1. The molecule has 0 unspecified atom stereocenters. The smallest absolute Gasteiger partial charge is 0.387 e. The molecule has 1 fully saturated rings. The summed E-state index contributed by atoms with van der Waals surface area (Å²) in [6.45, 7) is 0.223. The quantitative estimate of drug-likeness (QED) is 0.935. The van der Waals surface area contributed by atoms with Crippen molar-refractivity contribution in [1.82, 2.24) is 10.3 Å². The predicted molar refractivity (Wildman–Crippen MR) is 73.5 cm³/mol. The molecule has 0 atom stereocenters. The molecule has 1 aromatic carbocycles. The molecule has 1 aliphatic rings. The fourth-order valence-electron chi connectivity index (χ4n) is 2.37. The van der Waals surface area contributed by atoms with E-state index in [0.29, 0.717) is 5.82 Å². The van der Waals surface area contributed by atoms with Gasteiger partial charge in [-0.25, -0.2) is 4.98 Å². The lowest BCUT2D eigenvalue weighted by Gasteiger charge is -2.29. The number of anilines is 1. The average molecular weight is 279 g/mol. The Bertz CT molecular complexity index is 600. The molecule has 106 valence electrons. The Morgan fingerprint density at radius 1 is 1.20 bits per heavy atom. The molecule has 4 nitrogen and oxygen atoms in total. The highest BCUT2D eigenvalue weighted by atomic mass is 19.3. The van der Waals surface area contributed by atoms with Crippen LogP contribution in [0.2, 0.25) is 0 Å². The summed E-state index contributed by atoms with van der Waals surface area (Å²) in [5.74, 6) is 0.631. The van der Waals surface area contributed by atoms with E-state index in [1.54, 1.807) is 6.07 Å². The third-order valence-electron chi connectivity index (χ3n) is 3.30. The summed E-state index contributed by atoms with van der Waals surface area (Å²) in [7, 11) is 0. The molecule has 6 heteroatoms. The van der Waals surface area contributed by atoms with E-state index in [1.807, 2.05) is 29.2 Å². The minimum Gasteiger partial charge on any atom is -0.431 e. The van der Waals surface area contributed by atoms with Crippen LogP contribution in [-0.2, 0) is 0 Å². The first-order valence-corrected chi connectivity index (χ1v) is 6.54. The molecule has 1 aliphatic heterocycles. The first-order chi connectivity index (χ1) is 9.74. The zero-order chi connectivity index (χ0) is 13.9. The monoisotopic (exact) mass is 279 g/mol. The topological polar surface area (TPSA) is 37.4 Å². The van der Waals surface area contributed by atoms with E-state index in [1.165, 1.54) is 0 Å². The summed E-state index contributed by atoms with van der Waals surface area (Å²) >= 11 is 0. The van der Waals surface area contributed by atoms with Gasteiger partial charge in [0.05, 0.1) is 5.52 Å². The number of piperazine rings is 1. The van der Waals surface area contributed by atoms with Crippen LogP contribution in [0, 0.1) is 0 Å². The van der Waals surface area contributed by atoms with E-state index in [0.717, 1.165) is 37.1 Å². The second-order valence-corrected chi connectivity index (χ2v) is 4.62. The molecule has 0 amide bonds. The summed E-state index contributed by atoms with van der Waals surface area (Å²) in [5.41, 5.74) is 0.780. The maximum absolute atomic E-state index is 12.6. The second-order valence-electron chi connectivity index (χ2n) is 4.62. The van der Waals surface area contributed by atoms with Crippen LogP contribution >= 0.6 is 0 Å². The molecule has 0 spiro atoms. The third-order valence-corrected chi connectivity index (χ3v) is 3.30. The molecule has 1 saturated heterocycles. The van der Waals surface area contributed by atoms with Crippen LogP contribution < -0.4 is 15.0 Å². The SMILES string of the molecule is FC(F)Oc1cc2ccccc2nc1N1CCNCC1. The Morgan fingerprint density at radius 2 is 1.95 bits per heavy atom. The Balaban J connectivity index is 2.05. The van der Waals surface area contributed by atoms with Crippen LogP contribution in [0.3, 0.4) is 0 Å². The van der Waals surface area contributed by atoms with Gasteiger partial charge in [-0.3, -0.25) is 0 Å². The minimum absolute atomic E-state index is 0.139. The molecule has 1 N–H and O–H groups in total. The van der Waals surface area contributed by atoms with Gasteiger partial charge < -0.3 is 15.0 Å². The van der Waals surface area contributed by atoms with Gasteiger partial charge in [0, 0.05) is 31.6 Å². The van der Waals surface area contributed by atoms with Crippen LogP contribution in [0.15, 0.2) is 30.3 Å².